The average Bonchev–Trinajstić information content (AvgIpc) is 2.17. The van der Waals surface area contributed by atoms with Crippen molar-refractivity contribution in [1.29, 1.82) is 0 Å². The quantitative estimate of drug-likeness (QED) is 0.691. The SMILES string of the molecule is CC(=O)N(C)c1cccc(C)c1.CCC. The van der Waals surface area contributed by atoms with Crippen molar-refractivity contribution in [2.45, 2.75) is 34.1 Å². The van der Waals surface area contributed by atoms with Gasteiger partial charge in [-0.3, -0.25) is 4.79 Å². The summed E-state index contributed by atoms with van der Waals surface area (Å²) in [6, 6.07) is 7.87. The molecule has 0 spiro atoms. The van der Waals surface area contributed by atoms with Crippen LogP contribution >= 0.6 is 0 Å². The number of carbonyl (C=O) groups is 1. The Labute approximate surface area is 92.9 Å². The maximum absolute atomic E-state index is 11.0. The fourth-order valence-electron chi connectivity index (χ4n) is 1.02. The second-order valence-electron chi connectivity index (χ2n) is 3.62. The standard InChI is InChI=1S/C10H13NO.C3H8/c1-8-5-4-6-10(7-8)11(3)9(2)12;1-3-2/h4-7H,1-3H3;3H2,1-2H3. The number of nitrogens with zero attached hydrogens (tertiary/aromatic N) is 1. The number of aryl methyl sites for hydroxylation is 1. The molecule has 0 aliphatic rings. The lowest BCUT2D eigenvalue weighted by Gasteiger charge is -2.14. The normalized spacial score (nSPS) is 8.87. The first-order valence-corrected chi connectivity index (χ1v) is 5.33. The molecule has 0 heterocycles. The Kier molecular flexibility index (Phi) is 6.43. The van der Waals surface area contributed by atoms with Crippen molar-refractivity contribution in [1.82, 2.24) is 0 Å². The first-order chi connectivity index (χ1) is 7.02. The minimum absolute atomic E-state index is 0.0561. The van der Waals surface area contributed by atoms with Crippen LogP contribution in [-0.4, -0.2) is 13.0 Å². The number of amides is 1. The molecule has 0 radical (unpaired) electrons. The Morgan fingerprint density at radius 2 is 1.87 bits per heavy atom. The molecule has 0 aliphatic heterocycles. The molecule has 0 atom stereocenters. The molecule has 0 aliphatic carbocycles. The lowest BCUT2D eigenvalue weighted by molar-refractivity contribution is -0.116. The largest absolute Gasteiger partial charge is 0.316 e. The van der Waals surface area contributed by atoms with Gasteiger partial charge in [0, 0.05) is 19.7 Å². The second-order valence-corrected chi connectivity index (χ2v) is 3.62. The Morgan fingerprint density at radius 3 is 2.27 bits per heavy atom. The molecule has 2 nitrogen and oxygen atoms in total. The molecule has 0 aromatic heterocycles. The van der Waals surface area contributed by atoms with Gasteiger partial charge in [-0.15, -0.1) is 0 Å². The summed E-state index contributed by atoms with van der Waals surface area (Å²) in [5.41, 5.74) is 2.11. The van der Waals surface area contributed by atoms with Crippen molar-refractivity contribution in [2.24, 2.45) is 0 Å². The van der Waals surface area contributed by atoms with Crippen molar-refractivity contribution in [3.8, 4) is 0 Å². The van der Waals surface area contributed by atoms with Crippen LogP contribution in [0.15, 0.2) is 24.3 Å². The van der Waals surface area contributed by atoms with E-state index < -0.39 is 0 Å². The van der Waals surface area contributed by atoms with Crippen LogP contribution in [0, 0.1) is 6.92 Å². The van der Waals surface area contributed by atoms with Gasteiger partial charge in [0.15, 0.2) is 0 Å². The maximum atomic E-state index is 11.0. The van der Waals surface area contributed by atoms with Crippen LogP contribution in [-0.2, 0) is 4.79 Å². The van der Waals surface area contributed by atoms with Gasteiger partial charge in [0.1, 0.15) is 0 Å². The monoisotopic (exact) mass is 207 g/mol. The van der Waals surface area contributed by atoms with Crippen LogP contribution < -0.4 is 4.90 Å². The predicted octanol–water partition coefficient (Wildman–Crippen LogP) is 3.39. The van der Waals surface area contributed by atoms with Gasteiger partial charge < -0.3 is 4.90 Å². The highest BCUT2D eigenvalue weighted by Crippen LogP contribution is 2.13. The zero-order chi connectivity index (χ0) is 11.8. The molecule has 1 aromatic carbocycles. The molecule has 0 saturated carbocycles. The van der Waals surface area contributed by atoms with E-state index in [0.717, 1.165) is 5.69 Å². The van der Waals surface area contributed by atoms with Crippen molar-refractivity contribution < 1.29 is 4.79 Å². The molecule has 15 heavy (non-hydrogen) atoms. The Bertz CT molecular complexity index is 307. The Balaban J connectivity index is 0.000000583. The fraction of sp³-hybridized carbons (Fsp3) is 0.462. The third-order valence-electron chi connectivity index (χ3n) is 1.86. The van der Waals surface area contributed by atoms with E-state index in [0.29, 0.717) is 0 Å². The molecule has 0 unspecified atom stereocenters. The first kappa shape index (κ1) is 13.7. The topological polar surface area (TPSA) is 20.3 Å². The average molecular weight is 207 g/mol. The third kappa shape index (κ3) is 5.21. The summed E-state index contributed by atoms with van der Waals surface area (Å²) in [6.45, 7) is 7.82. The van der Waals surface area contributed by atoms with E-state index >= 15 is 0 Å². The predicted molar refractivity (Wildman–Crippen MR) is 66.2 cm³/mol. The van der Waals surface area contributed by atoms with Gasteiger partial charge in [0.2, 0.25) is 5.91 Å². The van der Waals surface area contributed by atoms with Crippen LogP contribution in [0.1, 0.15) is 32.8 Å². The van der Waals surface area contributed by atoms with E-state index in [-0.39, 0.29) is 5.91 Å². The van der Waals surface area contributed by atoms with Gasteiger partial charge in [-0.25, -0.2) is 0 Å². The molecule has 1 rings (SSSR count). The van der Waals surface area contributed by atoms with E-state index in [1.54, 1.807) is 18.9 Å². The van der Waals surface area contributed by atoms with Gasteiger partial charge in [-0.05, 0) is 24.6 Å². The summed E-state index contributed by atoms with van der Waals surface area (Å²) in [6.07, 6.45) is 1.25. The molecule has 84 valence electrons. The van der Waals surface area contributed by atoms with Gasteiger partial charge in [0.25, 0.3) is 0 Å². The van der Waals surface area contributed by atoms with Crippen molar-refractivity contribution in [2.75, 3.05) is 11.9 Å². The van der Waals surface area contributed by atoms with Crippen molar-refractivity contribution >= 4 is 11.6 Å². The van der Waals surface area contributed by atoms with E-state index in [9.17, 15) is 4.79 Å². The summed E-state index contributed by atoms with van der Waals surface area (Å²) >= 11 is 0. The molecule has 0 bridgehead atoms. The Hall–Kier alpha value is -1.31. The van der Waals surface area contributed by atoms with Gasteiger partial charge in [-0.1, -0.05) is 32.4 Å². The van der Waals surface area contributed by atoms with E-state index in [4.69, 9.17) is 0 Å². The zero-order valence-corrected chi connectivity index (χ0v) is 10.4. The summed E-state index contributed by atoms with van der Waals surface area (Å²) < 4.78 is 0. The summed E-state index contributed by atoms with van der Waals surface area (Å²) in [5, 5.41) is 0. The van der Waals surface area contributed by atoms with Crippen LogP contribution in [0.2, 0.25) is 0 Å². The molecular weight excluding hydrogens is 186 g/mol. The highest BCUT2D eigenvalue weighted by Gasteiger charge is 2.03. The van der Waals surface area contributed by atoms with E-state index in [2.05, 4.69) is 13.8 Å². The van der Waals surface area contributed by atoms with Crippen LogP contribution in [0.3, 0.4) is 0 Å². The van der Waals surface area contributed by atoms with E-state index in [1.807, 2.05) is 31.2 Å². The molecule has 0 saturated heterocycles. The Morgan fingerprint density at radius 1 is 1.33 bits per heavy atom. The molecule has 0 N–H and O–H groups in total. The number of benzene rings is 1. The highest BCUT2D eigenvalue weighted by molar-refractivity contribution is 5.90. The van der Waals surface area contributed by atoms with Gasteiger partial charge in [0.05, 0.1) is 0 Å². The summed E-state index contributed by atoms with van der Waals surface area (Å²) in [7, 11) is 1.77. The molecular formula is C13H21NO. The number of anilines is 1. The van der Waals surface area contributed by atoms with Crippen LogP contribution in [0.5, 0.6) is 0 Å². The fourth-order valence-corrected chi connectivity index (χ4v) is 1.02. The van der Waals surface area contributed by atoms with Crippen molar-refractivity contribution in [3.63, 3.8) is 0 Å². The first-order valence-electron chi connectivity index (χ1n) is 5.33. The number of rotatable bonds is 1. The lowest BCUT2D eigenvalue weighted by atomic mass is 10.2. The lowest BCUT2D eigenvalue weighted by Crippen LogP contribution is -2.22. The van der Waals surface area contributed by atoms with Crippen LogP contribution in [0.4, 0.5) is 5.69 Å². The smallest absolute Gasteiger partial charge is 0.223 e. The zero-order valence-electron chi connectivity index (χ0n) is 10.4. The van der Waals surface area contributed by atoms with Crippen LogP contribution in [0.25, 0.3) is 0 Å². The van der Waals surface area contributed by atoms with Gasteiger partial charge >= 0.3 is 0 Å². The number of hydrogen-bond acceptors (Lipinski definition) is 1. The number of carbonyl (C=O) groups excluding carboxylic acids is 1. The van der Waals surface area contributed by atoms with Gasteiger partial charge in [-0.2, -0.15) is 0 Å². The molecule has 0 fully saturated rings. The molecule has 1 amide bonds. The minimum Gasteiger partial charge on any atom is -0.316 e. The summed E-state index contributed by atoms with van der Waals surface area (Å²) in [5.74, 6) is 0.0561. The minimum atomic E-state index is 0.0561. The van der Waals surface area contributed by atoms with E-state index in [1.165, 1.54) is 12.0 Å². The number of hydrogen-bond donors (Lipinski definition) is 0. The molecule has 1 aromatic rings. The maximum Gasteiger partial charge on any atom is 0.223 e. The third-order valence-corrected chi connectivity index (χ3v) is 1.86. The summed E-state index contributed by atoms with van der Waals surface area (Å²) in [4.78, 5) is 12.6. The van der Waals surface area contributed by atoms with Crippen molar-refractivity contribution in [3.05, 3.63) is 29.8 Å². The highest BCUT2D eigenvalue weighted by atomic mass is 16.2. The second kappa shape index (κ2) is 7.04. The molecule has 2 heteroatoms.